The van der Waals surface area contributed by atoms with E-state index in [2.05, 4.69) is 9.99 Å². The van der Waals surface area contributed by atoms with Crippen LogP contribution in [-0.2, 0) is 9.63 Å². The Hall–Kier alpha value is -2.24. The van der Waals surface area contributed by atoms with Crippen molar-refractivity contribution in [2.45, 2.75) is 6.92 Å². The molecule has 0 aliphatic rings. The minimum absolute atomic E-state index is 0.468. The van der Waals surface area contributed by atoms with Gasteiger partial charge in [-0.15, -0.1) is 0 Å². The lowest BCUT2D eigenvalue weighted by atomic mass is 10.1. The maximum absolute atomic E-state index is 10.3. The van der Waals surface area contributed by atoms with Crippen LogP contribution in [0.3, 0.4) is 0 Å². The van der Waals surface area contributed by atoms with E-state index in [1.54, 1.807) is 32.2 Å². The number of benzene rings is 1. The third-order valence-corrected chi connectivity index (χ3v) is 2.19. The molecule has 0 atom stereocenters. The lowest BCUT2D eigenvalue weighted by Crippen LogP contribution is -2.05. The van der Waals surface area contributed by atoms with Crippen molar-refractivity contribution in [1.29, 1.82) is 0 Å². The van der Waals surface area contributed by atoms with Crippen LogP contribution in [0.4, 0.5) is 0 Å². The quantitative estimate of drug-likeness (QED) is 0.614. The van der Waals surface area contributed by atoms with E-state index in [1.165, 1.54) is 7.11 Å². The summed E-state index contributed by atoms with van der Waals surface area (Å²) in [6.07, 6.45) is 0. The van der Waals surface area contributed by atoms with Crippen LogP contribution in [0.5, 0.6) is 11.5 Å². The smallest absolute Gasteiger partial charge is 0.344 e. The standard InChI is InChI=1S/C12H15NO5/c1-8(13-18-7-12(14)15)9-4-5-10(16-2)11(6-9)17-3/h4-6H,7H2,1-3H3,(H,14,15)/b13-8+. The molecule has 6 nitrogen and oxygen atoms in total. The van der Waals surface area contributed by atoms with E-state index < -0.39 is 12.6 Å². The predicted octanol–water partition coefficient (Wildman–Crippen LogP) is 1.53. The van der Waals surface area contributed by atoms with Crippen molar-refractivity contribution >= 4 is 11.7 Å². The molecule has 6 heteroatoms. The fourth-order valence-electron chi connectivity index (χ4n) is 1.30. The lowest BCUT2D eigenvalue weighted by Gasteiger charge is -2.09. The first-order valence-electron chi connectivity index (χ1n) is 5.19. The maximum atomic E-state index is 10.3. The van der Waals surface area contributed by atoms with Crippen LogP contribution >= 0.6 is 0 Å². The van der Waals surface area contributed by atoms with Gasteiger partial charge in [-0.05, 0) is 25.1 Å². The molecule has 0 radical (unpaired) electrons. The molecule has 1 rings (SSSR count). The maximum Gasteiger partial charge on any atom is 0.344 e. The van der Waals surface area contributed by atoms with Gasteiger partial charge in [0, 0.05) is 5.56 Å². The number of nitrogens with zero attached hydrogens (tertiary/aromatic N) is 1. The fourth-order valence-corrected chi connectivity index (χ4v) is 1.30. The molecule has 0 amide bonds. The van der Waals surface area contributed by atoms with Gasteiger partial charge in [-0.2, -0.15) is 0 Å². The summed E-state index contributed by atoms with van der Waals surface area (Å²) in [6.45, 7) is 1.24. The normalized spacial score (nSPS) is 10.9. The molecule has 0 spiro atoms. The van der Waals surface area contributed by atoms with Crippen molar-refractivity contribution in [2.24, 2.45) is 5.16 Å². The van der Waals surface area contributed by atoms with Crippen molar-refractivity contribution < 1.29 is 24.2 Å². The number of methoxy groups -OCH3 is 2. The summed E-state index contributed by atoms with van der Waals surface area (Å²) in [7, 11) is 3.09. The number of carbonyl (C=O) groups is 1. The van der Waals surface area contributed by atoms with E-state index in [0.717, 1.165) is 5.56 Å². The van der Waals surface area contributed by atoms with Crippen molar-refractivity contribution in [1.82, 2.24) is 0 Å². The van der Waals surface area contributed by atoms with E-state index in [-0.39, 0.29) is 0 Å². The Kier molecular flexibility index (Phi) is 4.98. The Balaban J connectivity index is 2.85. The van der Waals surface area contributed by atoms with E-state index in [0.29, 0.717) is 17.2 Å². The summed E-state index contributed by atoms with van der Waals surface area (Å²) < 4.78 is 10.3. The Morgan fingerprint density at radius 2 is 1.94 bits per heavy atom. The van der Waals surface area contributed by atoms with Crippen LogP contribution in [0.1, 0.15) is 12.5 Å². The molecule has 0 heterocycles. The number of carboxylic acid groups (broad SMARTS) is 1. The highest BCUT2D eigenvalue weighted by Crippen LogP contribution is 2.27. The third-order valence-electron chi connectivity index (χ3n) is 2.19. The van der Waals surface area contributed by atoms with E-state index in [9.17, 15) is 4.79 Å². The van der Waals surface area contributed by atoms with Gasteiger partial charge in [0.15, 0.2) is 11.5 Å². The summed E-state index contributed by atoms with van der Waals surface area (Å²) in [4.78, 5) is 14.9. The summed E-state index contributed by atoms with van der Waals surface area (Å²) in [5.41, 5.74) is 1.32. The Labute approximate surface area is 105 Å². The van der Waals surface area contributed by atoms with Gasteiger partial charge in [0.2, 0.25) is 6.61 Å². The first kappa shape index (κ1) is 13.8. The monoisotopic (exact) mass is 253 g/mol. The molecule has 0 saturated carbocycles. The zero-order valence-electron chi connectivity index (χ0n) is 10.5. The molecular weight excluding hydrogens is 238 g/mol. The second-order valence-corrected chi connectivity index (χ2v) is 3.41. The molecule has 0 bridgehead atoms. The Morgan fingerprint density at radius 3 is 2.50 bits per heavy atom. The fraction of sp³-hybridized carbons (Fsp3) is 0.333. The Morgan fingerprint density at radius 1 is 1.28 bits per heavy atom. The molecule has 0 aliphatic heterocycles. The van der Waals surface area contributed by atoms with Gasteiger partial charge >= 0.3 is 5.97 Å². The third kappa shape index (κ3) is 3.65. The zero-order valence-corrected chi connectivity index (χ0v) is 10.5. The molecular formula is C12H15NO5. The van der Waals surface area contributed by atoms with Crippen molar-refractivity contribution in [3.8, 4) is 11.5 Å². The second kappa shape index (κ2) is 6.48. The molecule has 98 valence electrons. The van der Waals surface area contributed by atoms with Crippen molar-refractivity contribution in [3.05, 3.63) is 23.8 Å². The molecule has 0 aliphatic carbocycles. The average Bonchev–Trinajstić information content (AvgIpc) is 2.37. The number of carboxylic acids is 1. The number of oxime groups is 1. The number of hydrogen-bond donors (Lipinski definition) is 1. The van der Waals surface area contributed by atoms with Gasteiger partial charge in [-0.3, -0.25) is 0 Å². The van der Waals surface area contributed by atoms with Gasteiger partial charge in [0.1, 0.15) is 0 Å². The summed E-state index contributed by atoms with van der Waals surface area (Å²) in [5.74, 6) is 0.113. The van der Waals surface area contributed by atoms with Crippen LogP contribution in [0.15, 0.2) is 23.4 Å². The molecule has 0 unspecified atom stereocenters. The van der Waals surface area contributed by atoms with Crippen LogP contribution < -0.4 is 9.47 Å². The van der Waals surface area contributed by atoms with Gasteiger partial charge in [0.05, 0.1) is 19.9 Å². The number of aliphatic carboxylic acids is 1. The summed E-state index contributed by atoms with van der Waals surface area (Å²) in [6, 6.07) is 5.26. The molecule has 0 saturated heterocycles. The molecule has 18 heavy (non-hydrogen) atoms. The SMILES string of the molecule is COc1ccc(/C(C)=N/OCC(=O)O)cc1OC. The number of hydrogen-bond acceptors (Lipinski definition) is 5. The minimum Gasteiger partial charge on any atom is -0.493 e. The highest BCUT2D eigenvalue weighted by molar-refractivity contribution is 5.98. The lowest BCUT2D eigenvalue weighted by molar-refractivity contribution is -0.142. The van der Waals surface area contributed by atoms with Crippen LogP contribution in [-0.4, -0.2) is 37.6 Å². The first-order valence-corrected chi connectivity index (χ1v) is 5.19. The van der Waals surface area contributed by atoms with E-state index >= 15 is 0 Å². The summed E-state index contributed by atoms with van der Waals surface area (Å²) in [5, 5.41) is 12.1. The topological polar surface area (TPSA) is 77.4 Å². The summed E-state index contributed by atoms with van der Waals surface area (Å²) >= 11 is 0. The van der Waals surface area contributed by atoms with Crippen LogP contribution in [0.2, 0.25) is 0 Å². The second-order valence-electron chi connectivity index (χ2n) is 3.41. The molecule has 0 aromatic heterocycles. The molecule has 1 aromatic carbocycles. The minimum atomic E-state index is -1.07. The van der Waals surface area contributed by atoms with Gasteiger partial charge in [-0.25, -0.2) is 4.79 Å². The van der Waals surface area contributed by atoms with Gasteiger partial charge in [-0.1, -0.05) is 5.16 Å². The predicted molar refractivity (Wildman–Crippen MR) is 65.3 cm³/mol. The highest BCUT2D eigenvalue weighted by atomic mass is 16.6. The first-order chi connectivity index (χ1) is 8.58. The van der Waals surface area contributed by atoms with Gasteiger partial charge < -0.3 is 19.4 Å². The van der Waals surface area contributed by atoms with Gasteiger partial charge in [0.25, 0.3) is 0 Å². The molecule has 1 N–H and O–H groups in total. The number of ether oxygens (including phenoxy) is 2. The van der Waals surface area contributed by atoms with Crippen LogP contribution in [0.25, 0.3) is 0 Å². The highest BCUT2D eigenvalue weighted by Gasteiger charge is 2.07. The molecule has 0 fully saturated rings. The van der Waals surface area contributed by atoms with Crippen molar-refractivity contribution in [2.75, 3.05) is 20.8 Å². The van der Waals surface area contributed by atoms with E-state index in [1.807, 2.05) is 0 Å². The van der Waals surface area contributed by atoms with Crippen LogP contribution in [0, 0.1) is 0 Å². The Bertz CT molecular complexity index is 456. The zero-order chi connectivity index (χ0) is 13.5. The number of rotatable bonds is 6. The molecule has 1 aromatic rings. The largest absolute Gasteiger partial charge is 0.493 e. The van der Waals surface area contributed by atoms with Crippen molar-refractivity contribution in [3.63, 3.8) is 0 Å². The van der Waals surface area contributed by atoms with E-state index in [4.69, 9.17) is 14.6 Å². The average molecular weight is 253 g/mol.